The minimum atomic E-state index is -0.441. The van der Waals surface area contributed by atoms with E-state index in [1.54, 1.807) is 19.1 Å². The maximum Gasteiger partial charge on any atom is 0.311 e. The van der Waals surface area contributed by atoms with Crippen molar-refractivity contribution in [1.29, 1.82) is 0 Å². The van der Waals surface area contributed by atoms with Crippen molar-refractivity contribution < 1.29 is 14.4 Å². The van der Waals surface area contributed by atoms with Gasteiger partial charge < -0.3 is 14.8 Å². The number of nitrogens with one attached hydrogen (secondary N) is 1. The Morgan fingerprint density at radius 1 is 1.33 bits per heavy atom. The zero-order valence-electron chi connectivity index (χ0n) is 12.9. The van der Waals surface area contributed by atoms with Crippen LogP contribution in [0.15, 0.2) is 18.2 Å². The van der Waals surface area contributed by atoms with Crippen molar-refractivity contribution in [2.24, 2.45) is 5.92 Å². The van der Waals surface area contributed by atoms with Crippen LogP contribution in [0.25, 0.3) is 0 Å². The van der Waals surface area contributed by atoms with Gasteiger partial charge in [-0.15, -0.1) is 0 Å². The highest BCUT2D eigenvalue weighted by Gasteiger charge is 2.15. The molecular formula is C15H24N2O4. The molecule has 0 saturated heterocycles. The van der Waals surface area contributed by atoms with Gasteiger partial charge in [-0.05, 0) is 25.3 Å². The molecule has 0 fully saturated rings. The Labute approximate surface area is 125 Å². The van der Waals surface area contributed by atoms with Gasteiger partial charge in [-0.25, -0.2) is 0 Å². The zero-order valence-corrected chi connectivity index (χ0v) is 12.9. The SMILES string of the molecule is CCOc1cc(NCCOCCC(C)C)ccc1[N+](=O)[O-]. The second kappa shape index (κ2) is 9.18. The number of benzene rings is 1. The Morgan fingerprint density at radius 2 is 2.10 bits per heavy atom. The third kappa shape index (κ3) is 6.44. The van der Waals surface area contributed by atoms with Gasteiger partial charge in [0, 0.05) is 31.0 Å². The minimum Gasteiger partial charge on any atom is -0.487 e. The molecule has 0 saturated carbocycles. The third-order valence-electron chi connectivity index (χ3n) is 2.87. The first-order valence-corrected chi connectivity index (χ1v) is 7.27. The predicted molar refractivity (Wildman–Crippen MR) is 83.0 cm³/mol. The van der Waals surface area contributed by atoms with E-state index in [9.17, 15) is 10.1 Å². The number of nitrogens with zero attached hydrogens (tertiary/aromatic N) is 1. The maximum atomic E-state index is 10.9. The molecule has 0 atom stereocenters. The lowest BCUT2D eigenvalue weighted by Crippen LogP contribution is -2.11. The Balaban J connectivity index is 2.45. The van der Waals surface area contributed by atoms with Gasteiger partial charge in [0.1, 0.15) is 0 Å². The van der Waals surface area contributed by atoms with Gasteiger partial charge in [-0.1, -0.05) is 13.8 Å². The number of hydrogen-bond acceptors (Lipinski definition) is 5. The number of rotatable bonds is 10. The van der Waals surface area contributed by atoms with Gasteiger partial charge in [0.2, 0.25) is 0 Å². The van der Waals surface area contributed by atoms with E-state index in [2.05, 4.69) is 19.2 Å². The highest BCUT2D eigenvalue weighted by molar-refractivity contribution is 5.57. The van der Waals surface area contributed by atoms with E-state index in [0.717, 1.165) is 18.7 Å². The van der Waals surface area contributed by atoms with E-state index in [0.29, 0.717) is 25.7 Å². The van der Waals surface area contributed by atoms with Crippen LogP contribution in [0.2, 0.25) is 0 Å². The van der Waals surface area contributed by atoms with Crippen LogP contribution < -0.4 is 10.1 Å². The van der Waals surface area contributed by atoms with Gasteiger partial charge in [0.15, 0.2) is 5.75 Å². The van der Waals surface area contributed by atoms with Crippen molar-refractivity contribution in [3.8, 4) is 5.75 Å². The van der Waals surface area contributed by atoms with Crippen molar-refractivity contribution in [2.45, 2.75) is 27.2 Å². The average Bonchev–Trinajstić information content (AvgIpc) is 2.42. The standard InChI is InChI=1S/C15H24N2O4/c1-4-21-15-11-13(5-6-14(15)17(18)19)16-8-10-20-9-7-12(2)3/h5-6,11-12,16H,4,7-10H2,1-3H3. The maximum absolute atomic E-state index is 10.9. The van der Waals surface area contributed by atoms with Crippen LogP contribution in [-0.4, -0.2) is 31.3 Å². The number of hydrogen-bond donors (Lipinski definition) is 1. The fraction of sp³-hybridized carbons (Fsp3) is 0.600. The van der Waals surface area contributed by atoms with Gasteiger partial charge >= 0.3 is 5.69 Å². The van der Waals surface area contributed by atoms with Gasteiger partial charge in [0.05, 0.1) is 18.1 Å². The smallest absolute Gasteiger partial charge is 0.311 e. The second-order valence-corrected chi connectivity index (χ2v) is 5.09. The fourth-order valence-electron chi connectivity index (χ4n) is 1.73. The van der Waals surface area contributed by atoms with Crippen molar-refractivity contribution in [2.75, 3.05) is 31.7 Å². The molecule has 6 heteroatoms. The molecular weight excluding hydrogens is 272 g/mol. The Hall–Kier alpha value is -1.82. The van der Waals surface area contributed by atoms with E-state index >= 15 is 0 Å². The average molecular weight is 296 g/mol. The number of ether oxygens (including phenoxy) is 2. The first-order valence-electron chi connectivity index (χ1n) is 7.27. The van der Waals surface area contributed by atoms with E-state index in [1.165, 1.54) is 6.07 Å². The van der Waals surface area contributed by atoms with E-state index in [1.807, 2.05) is 0 Å². The molecule has 1 aromatic carbocycles. The largest absolute Gasteiger partial charge is 0.487 e. The molecule has 0 aliphatic rings. The minimum absolute atomic E-state index is 0.0180. The van der Waals surface area contributed by atoms with Crippen LogP contribution in [0.4, 0.5) is 11.4 Å². The highest BCUT2D eigenvalue weighted by atomic mass is 16.6. The van der Waals surface area contributed by atoms with Crippen LogP contribution in [0.3, 0.4) is 0 Å². The normalized spacial score (nSPS) is 10.7. The third-order valence-corrected chi connectivity index (χ3v) is 2.87. The number of anilines is 1. The van der Waals surface area contributed by atoms with Crippen molar-refractivity contribution in [3.63, 3.8) is 0 Å². The summed E-state index contributed by atoms with van der Waals surface area (Å²) in [5.74, 6) is 0.926. The quantitative estimate of drug-likeness (QED) is 0.406. The lowest BCUT2D eigenvalue weighted by Gasteiger charge is -2.10. The van der Waals surface area contributed by atoms with Crippen LogP contribution >= 0.6 is 0 Å². The Kier molecular flexibility index (Phi) is 7.53. The molecule has 0 aromatic heterocycles. The fourth-order valence-corrected chi connectivity index (χ4v) is 1.73. The zero-order chi connectivity index (χ0) is 15.7. The van der Waals surface area contributed by atoms with Crippen molar-refractivity contribution in [3.05, 3.63) is 28.3 Å². The Bertz CT molecular complexity index is 449. The van der Waals surface area contributed by atoms with E-state index < -0.39 is 4.92 Å². The molecule has 0 radical (unpaired) electrons. The predicted octanol–water partition coefficient (Wildman–Crippen LogP) is 3.47. The van der Waals surface area contributed by atoms with Crippen LogP contribution in [0.1, 0.15) is 27.2 Å². The van der Waals surface area contributed by atoms with Crippen molar-refractivity contribution >= 4 is 11.4 Å². The second-order valence-electron chi connectivity index (χ2n) is 5.09. The summed E-state index contributed by atoms with van der Waals surface area (Å²) in [6, 6.07) is 4.78. The van der Waals surface area contributed by atoms with Gasteiger partial charge in [-0.3, -0.25) is 10.1 Å². The summed E-state index contributed by atoms with van der Waals surface area (Å²) in [4.78, 5) is 10.4. The lowest BCUT2D eigenvalue weighted by molar-refractivity contribution is -0.385. The molecule has 6 nitrogen and oxygen atoms in total. The van der Waals surface area contributed by atoms with Crippen molar-refractivity contribution in [1.82, 2.24) is 0 Å². The van der Waals surface area contributed by atoms with E-state index in [4.69, 9.17) is 9.47 Å². The summed E-state index contributed by atoms with van der Waals surface area (Å²) in [6.07, 6.45) is 1.05. The molecule has 21 heavy (non-hydrogen) atoms. The van der Waals surface area contributed by atoms with Gasteiger partial charge in [0.25, 0.3) is 0 Å². The van der Waals surface area contributed by atoms with Crippen LogP contribution in [-0.2, 0) is 4.74 Å². The molecule has 0 aliphatic carbocycles. The molecule has 0 heterocycles. The van der Waals surface area contributed by atoms with E-state index in [-0.39, 0.29) is 11.4 Å². The van der Waals surface area contributed by atoms with Crippen LogP contribution in [0.5, 0.6) is 5.75 Å². The molecule has 0 unspecified atom stereocenters. The monoisotopic (exact) mass is 296 g/mol. The summed E-state index contributed by atoms with van der Waals surface area (Å²) < 4.78 is 10.8. The highest BCUT2D eigenvalue weighted by Crippen LogP contribution is 2.29. The molecule has 0 aliphatic heterocycles. The first kappa shape index (κ1) is 17.2. The molecule has 0 amide bonds. The summed E-state index contributed by atoms with van der Waals surface area (Å²) in [6.45, 7) is 8.52. The lowest BCUT2D eigenvalue weighted by atomic mass is 10.1. The molecule has 1 N–H and O–H groups in total. The molecule has 0 bridgehead atoms. The molecule has 0 spiro atoms. The topological polar surface area (TPSA) is 73.6 Å². The molecule has 1 rings (SSSR count). The summed E-state index contributed by atoms with van der Waals surface area (Å²) in [7, 11) is 0. The summed E-state index contributed by atoms with van der Waals surface area (Å²) in [5, 5.41) is 14.1. The molecule has 118 valence electrons. The Morgan fingerprint density at radius 3 is 2.71 bits per heavy atom. The molecule has 1 aromatic rings. The first-order chi connectivity index (χ1) is 10.0. The van der Waals surface area contributed by atoms with Gasteiger partial charge in [-0.2, -0.15) is 0 Å². The summed E-state index contributed by atoms with van der Waals surface area (Å²) in [5.41, 5.74) is 0.770. The van der Waals surface area contributed by atoms with Crippen LogP contribution in [0, 0.1) is 16.0 Å². The number of nitro groups is 1. The summed E-state index contributed by atoms with van der Waals surface area (Å²) >= 11 is 0. The number of nitro benzene ring substituents is 1.